The zero-order chi connectivity index (χ0) is 17.6. The van der Waals surface area contributed by atoms with Crippen LogP contribution in [0.1, 0.15) is 38.2 Å². The molecule has 0 unspecified atom stereocenters. The summed E-state index contributed by atoms with van der Waals surface area (Å²) in [5.41, 5.74) is 1.98. The molecule has 130 valence electrons. The maximum absolute atomic E-state index is 11.8. The Labute approximate surface area is 143 Å². The summed E-state index contributed by atoms with van der Waals surface area (Å²) in [6, 6.07) is 9.92. The predicted octanol–water partition coefficient (Wildman–Crippen LogP) is 3.43. The van der Waals surface area contributed by atoms with E-state index in [4.69, 9.17) is 0 Å². The van der Waals surface area contributed by atoms with E-state index in [9.17, 15) is 9.59 Å². The fraction of sp³-hybridized carbons (Fsp3) is 0.368. The van der Waals surface area contributed by atoms with Crippen LogP contribution in [0.15, 0.2) is 48.1 Å². The van der Waals surface area contributed by atoms with E-state index in [1.54, 1.807) is 6.08 Å². The number of amides is 1. The lowest BCUT2D eigenvalue weighted by atomic mass is 10.1. The molecular weight excluding hydrogens is 306 g/mol. The maximum atomic E-state index is 11.8. The molecule has 24 heavy (non-hydrogen) atoms. The number of hydrogen-bond donors (Lipinski definition) is 1. The van der Waals surface area contributed by atoms with Gasteiger partial charge in [-0.25, -0.2) is 4.79 Å². The van der Waals surface area contributed by atoms with Crippen LogP contribution >= 0.6 is 0 Å². The average Bonchev–Trinajstić information content (AvgIpc) is 2.57. The molecule has 0 aromatic heterocycles. The Morgan fingerprint density at radius 2 is 1.88 bits per heavy atom. The summed E-state index contributed by atoms with van der Waals surface area (Å²) in [6.07, 6.45) is 8.16. The highest BCUT2D eigenvalue weighted by Gasteiger charge is 2.02. The molecular formula is C19H25NO4. The number of carbonyl (C=O) groups is 2. The van der Waals surface area contributed by atoms with E-state index < -0.39 is 0 Å². The Hall–Kier alpha value is -2.40. The molecule has 0 heterocycles. The van der Waals surface area contributed by atoms with Crippen LogP contribution in [-0.4, -0.2) is 25.5 Å². The molecule has 0 bridgehead atoms. The van der Waals surface area contributed by atoms with E-state index in [1.807, 2.05) is 49.4 Å². The average molecular weight is 331 g/mol. The highest BCUT2D eigenvalue weighted by atomic mass is 17.2. The van der Waals surface area contributed by atoms with Crippen molar-refractivity contribution in [1.29, 1.82) is 0 Å². The minimum atomic E-state index is -0.370. The summed E-state index contributed by atoms with van der Waals surface area (Å²) in [4.78, 5) is 31.5. The topological polar surface area (TPSA) is 64.6 Å². The molecule has 0 saturated carbocycles. The summed E-state index contributed by atoms with van der Waals surface area (Å²) >= 11 is 0. The fourth-order valence-electron chi connectivity index (χ4n) is 2.02. The van der Waals surface area contributed by atoms with Crippen molar-refractivity contribution in [2.75, 3.05) is 13.7 Å². The normalized spacial score (nSPS) is 11.5. The first kappa shape index (κ1) is 19.6. The van der Waals surface area contributed by atoms with Crippen LogP contribution in [0.5, 0.6) is 0 Å². The van der Waals surface area contributed by atoms with Gasteiger partial charge in [0.1, 0.15) is 0 Å². The van der Waals surface area contributed by atoms with Crippen molar-refractivity contribution < 1.29 is 19.4 Å². The summed E-state index contributed by atoms with van der Waals surface area (Å²) in [5.74, 6) is -0.477. The Kier molecular flexibility index (Phi) is 9.88. The molecule has 1 aromatic rings. The predicted molar refractivity (Wildman–Crippen MR) is 93.8 cm³/mol. The lowest BCUT2D eigenvalue weighted by Crippen LogP contribution is -2.22. The molecule has 5 heteroatoms. The van der Waals surface area contributed by atoms with E-state index in [0.29, 0.717) is 19.4 Å². The highest BCUT2D eigenvalue weighted by Crippen LogP contribution is 2.05. The lowest BCUT2D eigenvalue weighted by molar-refractivity contribution is -0.255. The molecule has 1 amide bonds. The van der Waals surface area contributed by atoms with Crippen molar-refractivity contribution in [2.24, 2.45) is 0 Å². The van der Waals surface area contributed by atoms with Crippen LogP contribution in [-0.2, 0) is 19.4 Å². The second-order valence-electron chi connectivity index (χ2n) is 5.36. The van der Waals surface area contributed by atoms with Gasteiger partial charge in [0.25, 0.3) is 0 Å². The second-order valence-corrected chi connectivity index (χ2v) is 5.36. The first-order valence-electron chi connectivity index (χ1n) is 8.04. The van der Waals surface area contributed by atoms with Gasteiger partial charge in [0, 0.05) is 19.0 Å². The van der Waals surface area contributed by atoms with Crippen molar-refractivity contribution in [3.05, 3.63) is 53.6 Å². The quantitative estimate of drug-likeness (QED) is 0.234. The Morgan fingerprint density at radius 1 is 1.12 bits per heavy atom. The summed E-state index contributed by atoms with van der Waals surface area (Å²) < 4.78 is 0. The van der Waals surface area contributed by atoms with Crippen molar-refractivity contribution >= 4 is 18.0 Å². The highest BCUT2D eigenvalue weighted by molar-refractivity contribution is 5.88. The molecule has 0 aliphatic heterocycles. The van der Waals surface area contributed by atoms with Gasteiger partial charge >= 0.3 is 5.97 Å². The molecule has 0 aliphatic rings. The van der Waals surface area contributed by atoms with E-state index in [0.717, 1.165) is 24.0 Å². The molecule has 0 radical (unpaired) electrons. The van der Waals surface area contributed by atoms with Crippen molar-refractivity contribution in [3.8, 4) is 0 Å². The minimum absolute atomic E-state index is 0.107. The van der Waals surface area contributed by atoms with Crippen LogP contribution in [0.4, 0.5) is 0 Å². The van der Waals surface area contributed by atoms with Gasteiger partial charge in [-0.3, -0.25) is 9.68 Å². The van der Waals surface area contributed by atoms with Crippen LogP contribution in [0, 0.1) is 0 Å². The Bertz CT molecular complexity index is 564. The van der Waals surface area contributed by atoms with Crippen LogP contribution in [0.2, 0.25) is 0 Å². The summed E-state index contributed by atoms with van der Waals surface area (Å²) in [6.45, 7) is 2.48. The first-order chi connectivity index (χ1) is 11.6. The summed E-state index contributed by atoms with van der Waals surface area (Å²) in [7, 11) is 1.30. The fourth-order valence-corrected chi connectivity index (χ4v) is 2.02. The van der Waals surface area contributed by atoms with Gasteiger partial charge < -0.3 is 5.32 Å². The zero-order valence-corrected chi connectivity index (χ0v) is 14.3. The third-order valence-electron chi connectivity index (χ3n) is 3.23. The van der Waals surface area contributed by atoms with Gasteiger partial charge in [0.05, 0.1) is 7.11 Å². The monoisotopic (exact) mass is 331 g/mol. The largest absolute Gasteiger partial charge is 0.353 e. The van der Waals surface area contributed by atoms with Crippen LogP contribution in [0.25, 0.3) is 6.08 Å². The number of allylic oxidation sites excluding steroid dienone is 2. The van der Waals surface area contributed by atoms with Gasteiger partial charge in [-0.05, 0) is 30.9 Å². The maximum Gasteiger partial charge on any atom is 0.342 e. The number of carbonyl (C=O) groups excluding carboxylic acids is 2. The third-order valence-corrected chi connectivity index (χ3v) is 3.23. The number of rotatable bonds is 10. The molecule has 0 aliphatic carbocycles. The second kappa shape index (κ2) is 12.1. The van der Waals surface area contributed by atoms with Gasteiger partial charge in [-0.2, -0.15) is 4.89 Å². The number of unbranched alkanes of at least 4 members (excludes halogenated alkanes) is 2. The van der Waals surface area contributed by atoms with Gasteiger partial charge in [-0.15, -0.1) is 0 Å². The smallest absolute Gasteiger partial charge is 0.342 e. The summed E-state index contributed by atoms with van der Waals surface area (Å²) in [5, 5.41) is 2.83. The standard InChI is InChI=1S/C19H25NO4/c1-16(12-13-17-9-5-3-6-10-17)15-18(21)20-14-8-4-7-11-19(22)24-23-2/h3,5-6,9-10,12-13,15H,4,7-8,11,14H2,1-2H3,(H,20,21). The van der Waals surface area contributed by atoms with Crippen molar-refractivity contribution in [1.82, 2.24) is 5.32 Å². The number of benzene rings is 1. The molecule has 0 atom stereocenters. The van der Waals surface area contributed by atoms with Gasteiger partial charge in [0.2, 0.25) is 5.91 Å². The molecule has 0 spiro atoms. The molecule has 1 rings (SSSR count). The molecule has 5 nitrogen and oxygen atoms in total. The van der Waals surface area contributed by atoms with Crippen LogP contribution in [0.3, 0.4) is 0 Å². The number of hydrogen-bond acceptors (Lipinski definition) is 4. The SMILES string of the molecule is COOC(=O)CCCCCNC(=O)C=C(C)C=Cc1ccccc1. The Balaban J connectivity index is 2.18. The number of nitrogens with one attached hydrogen (secondary N) is 1. The molecule has 0 saturated heterocycles. The zero-order valence-electron chi connectivity index (χ0n) is 14.3. The Morgan fingerprint density at radius 3 is 2.58 bits per heavy atom. The molecule has 1 aromatic carbocycles. The van der Waals surface area contributed by atoms with E-state index in [-0.39, 0.29) is 11.9 Å². The molecule has 0 fully saturated rings. The first-order valence-corrected chi connectivity index (χ1v) is 8.04. The van der Waals surface area contributed by atoms with Gasteiger partial charge in [-0.1, -0.05) is 48.9 Å². The molecule has 1 N–H and O–H groups in total. The van der Waals surface area contributed by atoms with E-state index in [1.165, 1.54) is 7.11 Å². The van der Waals surface area contributed by atoms with Crippen LogP contribution < -0.4 is 5.32 Å². The van der Waals surface area contributed by atoms with E-state index >= 15 is 0 Å². The third kappa shape index (κ3) is 9.58. The van der Waals surface area contributed by atoms with E-state index in [2.05, 4.69) is 15.1 Å². The minimum Gasteiger partial charge on any atom is -0.353 e. The van der Waals surface area contributed by atoms with Gasteiger partial charge in [0.15, 0.2) is 0 Å². The van der Waals surface area contributed by atoms with Crippen molar-refractivity contribution in [3.63, 3.8) is 0 Å². The lowest BCUT2D eigenvalue weighted by Gasteiger charge is -2.03. The van der Waals surface area contributed by atoms with Crippen molar-refractivity contribution in [2.45, 2.75) is 32.6 Å².